The van der Waals surface area contributed by atoms with Crippen LogP contribution in [0.3, 0.4) is 0 Å². The number of hydrogen-bond donors (Lipinski definition) is 0. The summed E-state index contributed by atoms with van der Waals surface area (Å²) in [6.07, 6.45) is 1.65. The highest BCUT2D eigenvalue weighted by Gasteiger charge is 2.19. The van der Waals surface area contributed by atoms with Crippen LogP contribution in [-0.2, 0) is 0 Å². The van der Waals surface area contributed by atoms with Gasteiger partial charge >= 0.3 is 0 Å². The molecule has 0 saturated heterocycles. The second-order valence-corrected chi connectivity index (χ2v) is 7.00. The van der Waals surface area contributed by atoms with E-state index in [1.54, 1.807) is 29.8 Å². The van der Waals surface area contributed by atoms with Crippen molar-refractivity contribution in [3.8, 4) is 5.69 Å². The quantitative estimate of drug-likeness (QED) is 0.508. The van der Waals surface area contributed by atoms with Gasteiger partial charge in [0.2, 0.25) is 0 Å². The van der Waals surface area contributed by atoms with Gasteiger partial charge in [-0.15, -0.1) is 11.6 Å². The molecule has 7 heteroatoms. The lowest BCUT2D eigenvalue weighted by molar-refractivity contribution is 0.615. The van der Waals surface area contributed by atoms with Gasteiger partial charge < -0.3 is 0 Å². The summed E-state index contributed by atoms with van der Waals surface area (Å²) in [5, 5.41) is -0.374. The third-order valence-corrected chi connectivity index (χ3v) is 4.12. The van der Waals surface area contributed by atoms with Gasteiger partial charge in [0.25, 0.3) is 0 Å². The predicted molar refractivity (Wildman–Crippen MR) is 88.5 cm³/mol. The molecule has 2 aromatic heterocycles. The molecule has 0 N–H and O–H groups in total. The Morgan fingerprint density at radius 1 is 1.24 bits per heavy atom. The van der Waals surface area contributed by atoms with Crippen molar-refractivity contribution in [1.29, 1.82) is 0 Å². The second kappa shape index (κ2) is 5.66. The molecule has 21 heavy (non-hydrogen) atoms. The molecule has 3 rings (SSSR count). The predicted octanol–water partition coefficient (Wildman–Crippen LogP) is 5.38. The Kier molecular flexibility index (Phi) is 4.03. The average molecular weight is 434 g/mol. The molecule has 3 aromatic rings. The molecular formula is C14H9Br2ClFN3. The van der Waals surface area contributed by atoms with Crippen LogP contribution in [0.5, 0.6) is 0 Å². The number of fused-ring (bicyclic) bond motifs is 1. The van der Waals surface area contributed by atoms with Gasteiger partial charge in [-0.1, -0.05) is 15.9 Å². The van der Waals surface area contributed by atoms with Gasteiger partial charge in [-0.05, 0) is 47.1 Å². The number of alkyl halides is 1. The molecule has 0 bridgehead atoms. The number of rotatable bonds is 2. The topological polar surface area (TPSA) is 30.7 Å². The first kappa shape index (κ1) is 14.9. The average Bonchev–Trinajstić information content (AvgIpc) is 2.77. The first-order valence-electron chi connectivity index (χ1n) is 6.11. The first-order valence-corrected chi connectivity index (χ1v) is 8.13. The van der Waals surface area contributed by atoms with Crippen molar-refractivity contribution in [2.75, 3.05) is 0 Å². The van der Waals surface area contributed by atoms with Crippen molar-refractivity contribution >= 4 is 54.6 Å². The third-order valence-electron chi connectivity index (χ3n) is 3.00. The molecule has 1 unspecified atom stereocenters. The second-order valence-electron chi connectivity index (χ2n) is 4.51. The summed E-state index contributed by atoms with van der Waals surface area (Å²) >= 11 is 12.8. The summed E-state index contributed by atoms with van der Waals surface area (Å²) < 4.78 is 17.4. The number of imidazole rings is 1. The Morgan fingerprint density at radius 3 is 2.67 bits per heavy atom. The molecule has 0 aliphatic carbocycles. The van der Waals surface area contributed by atoms with Crippen molar-refractivity contribution in [3.05, 3.63) is 51.0 Å². The van der Waals surface area contributed by atoms with Crippen molar-refractivity contribution in [3.63, 3.8) is 0 Å². The minimum absolute atomic E-state index is 0.369. The van der Waals surface area contributed by atoms with Crippen LogP contribution in [0.25, 0.3) is 16.9 Å². The molecule has 2 heterocycles. The van der Waals surface area contributed by atoms with Crippen molar-refractivity contribution in [2.24, 2.45) is 0 Å². The van der Waals surface area contributed by atoms with Crippen molar-refractivity contribution in [2.45, 2.75) is 12.3 Å². The van der Waals surface area contributed by atoms with Crippen molar-refractivity contribution in [1.82, 2.24) is 14.5 Å². The molecular weight excluding hydrogens is 424 g/mol. The summed E-state index contributed by atoms with van der Waals surface area (Å²) in [6, 6.07) is 6.68. The number of nitrogens with zero attached hydrogens (tertiary/aromatic N) is 3. The Hall–Kier alpha value is -0.980. The van der Waals surface area contributed by atoms with Crippen LogP contribution >= 0.6 is 43.5 Å². The molecule has 0 saturated carbocycles. The van der Waals surface area contributed by atoms with Crippen LogP contribution in [0, 0.1) is 5.82 Å². The molecule has 0 spiro atoms. The van der Waals surface area contributed by atoms with Crippen LogP contribution < -0.4 is 0 Å². The lowest BCUT2D eigenvalue weighted by Gasteiger charge is -2.11. The zero-order chi connectivity index (χ0) is 15.1. The van der Waals surface area contributed by atoms with Gasteiger partial charge in [-0.2, -0.15) is 0 Å². The van der Waals surface area contributed by atoms with Gasteiger partial charge in [-0.3, -0.25) is 4.57 Å². The molecule has 1 atom stereocenters. The maximum absolute atomic E-state index is 14.3. The molecule has 1 aromatic carbocycles. The van der Waals surface area contributed by atoms with Gasteiger partial charge in [0.1, 0.15) is 17.2 Å². The van der Waals surface area contributed by atoms with E-state index in [1.807, 2.05) is 6.07 Å². The molecule has 0 aliphatic rings. The van der Waals surface area contributed by atoms with Crippen LogP contribution in [0.4, 0.5) is 4.39 Å². The summed E-state index contributed by atoms with van der Waals surface area (Å²) in [4.78, 5) is 8.81. The molecule has 108 valence electrons. The van der Waals surface area contributed by atoms with E-state index in [2.05, 4.69) is 41.8 Å². The van der Waals surface area contributed by atoms with E-state index < -0.39 is 0 Å². The number of pyridine rings is 1. The number of benzene rings is 1. The van der Waals surface area contributed by atoms with E-state index >= 15 is 0 Å². The normalized spacial score (nSPS) is 12.8. The monoisotopic (exact) mass is 431 g/mol. The molecule has 0 amide bonds. The number of aromatic nitrogens is 3. The molecule has 3 nitrogen and oxygen atoms in total. The van der Waals surface area contributed by atoms with E-state index in [0.29, 0.717) is 27.1 Å². The minimum Gasteiger partial charge on any atom is -0.276 e. The molecule has 0 aliphatic heterocycles. The maximum Gasteiger partial charge on any atom is 0.164 e. The lowest BCUT2D eigenvalue weighted by atomic mass is 10.3. The Morgan fingerprint density at radius 2 is 2.00 bits per heavy atom. The number of hydrogen-bond acceptors (Lipinski definition) is 2. The van der Waals surface area contributed by atoms with E-state index in [9.17, 15) is 4.39 Å². The zero-order valence-corrected chi connectivity index (χ0v) is 14.7. The van der Waals surface area contributed by atoms with Gasteiger partial charge in [0, 0.05) is 15.1 Å². The van der Waals surface area contributed by atoms with Gasteiger partial charge in [0.15, 0.2) is 5.65 Å². The smallest absolute Gasteiger partial charge is 0.164 e. The van der Waals surface area contributed by atoms with E-state index in [1.165, 1.54) is 6.07 Å². The fourth-order valence-corrected chi connectivity index (χ4v) is 2.92. The minimum atomic E-state index is -0.374. The Bertz CT molecular complexity index is 832. The van der Waals surface area contributed by atoms with E-state index in [4.69, 9.17) is 11.6 Å². The highest BCUT2D eigenvalue weighted by atomic mass is 79.9. The Labute approximate surface area is 142 Å². The lowest BCUT2D eigenvalue weighted by Crippen LogP contribution is -2.05. The molecule has 0 fully saturated rings. The highest BCUT2D eigenvalue weighted by molar-refractivity contribution is 9.10. The van der Waals surface area contributed by atoms with Crippen LogP contribution in [0.2, 0.25) is 0 Å². The fraction of sp³-hybridized carbons (Fsp3) is 0.143. The fourth-order valence-electron chi connectivity index (χ4n) is 2.12. The maximum atomic E-state index is 14.3. The first-order chi connectivity index (χ1) is 9.97. The van der Waals surface area contributed by atoms with Crippen LogP contribution in [0.15, 0.2) is 39.4 Å². The van der Waals surface area contributed by atoms with E-state index in [-0.39, 0.29) is 11.2 Å². The standard InChI is InChI=1S/C14H9Br2ClFN3/c1-7(17)13-20-11-5-9(16)6-19-14(11)21(13)12-3-2-8(15)4-10(12)18/h2-7H,1H3. The summed E-state index contributed by atoms with van der Waals surface area (Å²) in [5.41, 5.74) is 1.61. The Balaban J connectivity index is 2.36. The summed E-state index contributed by atoms with van der Waals surface area (Å²) in [5.74, 6) is 0.186. The van der Waals surface area contributed by atoms with Crippen molar-refractivity contribution < 1.29 is 4.39 Å². The number of halogens is 4. The van der Waals surface area contributed by atoms with Gasteiger partial charge in [0.05, 0.1) is 11.1 Å². The third kappa shape index (κ3) is 2.72. The van der Waals surface area contributed by atoms with E-state index in [0.717, 1.165) is 4.47 Å². The summed E-state index contributed by atoms with van der Waals surface area (Å²) in [6.45, 7) is 1.80. The van der Waals surface area contributed by atoms with Gasteiger partial charge in [-0.25, -0.2) is 14.4 Å². The van der Waals surface area contributed by atoms with Crippen LogP contribution in [0.1, 0.15) is 18.1 Å². The molecule has 0 radical (unpaired) electrons. The summed E-state index contributed by atoms with van der Waals surface area (Å²) in [7, 11) is 0. The largest absolute Gasteiger partial charge is 0.276 e. The van der Waals surface area contributed by atoms with Crippen LogP contribution in [-0.4, -0.2) is 14.5 Å². The highest BCUT2D eigenvalue weighted by Crippen LogP contribution is 2.30. The zero-order valence-electron chi connectivity index (χ0n) is 10.8. The SMILES string of the molecule is CC(Cl)c1nc2cc(Br)cnc2n1-c1ccc(Br)cc1F.